The number of thioether (sulfide) groups is 1. The molecule has 0 heterocycles. The van der Waals surface area contributed by atoms with E-state index in [4.69, 9.17) is 0 Å². The Hall–Kier alpha value is -1.82. The predicted molar refractivity (Wildman–Crippen MR) is 100 cm³/mol. The second-order valence-electron chi connectivity index (χ2n) is 6.47. The van der Waals surface area contributed by atoms with Crippen LogP contribution in [0.15, 0.2) is 24.3 Å². The lowest BCUT2D eigenvalue weighted by molar-refractivity contribution is -0.144. The van der Waals surface area contributed by atoms with Crippen LogP contribution in [0.4, 0.5) is 0 Å². The van der Waals surface area contributed by atoms with E-state index in [0.717, 1.165) is 23.7 Å². The lowest BCUT2D eigenvalue weighted by Gasteiger charge is -2.16. The van der Waals surface area contributed by atoms with Crippen molar-refractivity contribution in [3.8, 4) is 0 Å². The molecule has 1 amide bonds. The quantitative estimate of drug-likeness (QED) is 0.717. The van der Waals surface area contributed by atoms with Crippen LogP contribution in [0, 0.1) is 5.92 Å². The maximum Gasteiger partial charge on any atom is 0.329 e. The molecule has 6 heteroatoms. The molecule has 0 radical (unpaired) electrons. The molecule has 2 atom stereocenters. The Balaban J connectivity index is 2.65. The summed E-state index contributed by atoms with van der Waals surface area (Å²) in [5.41, 5.74) is 2.20. The zero-order valence-electron chi connectivity index (χ0n) is 15.5. The van der Waals surface area contributed by atoms with E-state index < -0.39 is 12.0 Å². The Morgan fingerprint density at radius 2 is 1.72 bits per heavy atom. The zero-order chi connectivity index (χ0) is 19.0. The molecule has 0 aliphatic carbocycles. The van der Waals surface area contributed by atoms with E-state index in [1.54, 1.807) is 0 Å². The van der Waals surface area contributed by atoms with Crippen LogP contribution in [0.3, 0.4) is 0 Å². The van der Waals surface area contributed by atoms with Crippen molar-refractivity contribution in [2.24, 2.45) is 5.92 Å². The Kier molecular flexibility index (Phi) is 8.69. The van der Waals surface area contributed by atoms with Gasteiger partial charge in [-0.2, -0.15) is 0 Å². The summed E-state index contributed by atoms with van der Waals surface area (Å²) >= 11 is 1.03. The van der Waals surface area contributed by atoms with Gasteiger partial charge < -0.3 is 10.1 Å². The Bertz CT molecular complexity index is 598. The predicted octanol–water partition coefficient (Wildman–Crippen LogP) is 2.93. The van der Waals surface area contributed by atoms with E-state index in [1.165, 1.54) is 19.6 Å². The standard InChI is InChI=1S/C19H27NO4S/c1-12(2)10-15-6-8-16(9-7-15)13(3)19(23)25-11-17(18(22)24-5)20-14(4)21/h6-9,12-13,17H,10-11H2,1-5H3,(H,20,21)/t13-,17?/m1/s1. The van der Waals surface area contributed by atoms with Gasteiger partial charge in [0.1, 0.15) is 6.04 Å². The fraction of sp³-hybridized carbons (Fsp3) is 0.526. The highest BCUT2D eigenvalue weighted by molar-refractivity contribution is 8.13. The highest BCUT2D eigenvalue weighted by Crippen LogP contribution is 2.24. The fourth-order valence-electron chi connectivity index (χ4n) is 2.40. The molecule has 1 N–H and O–H groups in total. The molecule has 0 bridgehead atoms. The van der Waals surface area contributed by atoms with E-state index in [2.05, 4.69) is 36.0 Å². The van der Waals surface area contributed by atoms with Crippen molar-refractivity contribution < 1.29 is 19.1 Å². The van der Waals surface area contributed by atoms with E-state index in [9.17, 15) is 14.4 Å². The lowest BCUT2D eigenvalue weighted by atomic mass is 9.97. The van der Waals surface area contributed by atoms with E-state index in [0.29, 0.717) is 5.92 Å². The SMILES string of the molecule is COC(=O)C(CSC(=O)[C@H](C)c1ccc(CC(C)C)cc1)NC(C)=O. The Labute approximate surface area is 153 Å². The number of amides is 1. The molecule has 0 aliphatic heterocycles. The molecule has 1 rings (SSSR count). The first kappa shape index (κ1) is 21.2. The van der Waals surface area contributed by atoms with Crippen LogP contribution in [0.1, 0.15) is 44.7 Å². The van der Waals surface area contributed by atoms with Crippen molar-refractivity contribution in [1.29, 1.82) is 0 Å². The number of rotatable bonds is 8. The van der Waals surface area contributed by atoms with Crippen LogP contribution in [-0.4, -0.2) is 35.9 Å². The minimum Gasteiger partial charge on any atom is -0.467 e. The summed E-state index contributed by atoms with van der Waals surface area (Å²) in [7, 11) is 1.25. The molecule has 1 aromatic carbocycles. The van der Waals surface area contributed by atoms with Gasteiger partial charge in [0.2, 0.25) is 5.91 Å². The molecule has 25 heavy (non-hydrogen) atoms. The zero-order valence-corrected chi connectivity index (χ0v) is 16.3. The molecule has 1 aromatic rings. The van der Waals surface area contributed by atoms with Crippen LogP contribution in [0.5, 0.6) is 0 Å². The number of hydrogen-bond acceptors (Lipinski definition) is 5. The molecule has 0 saturated carbocycles. The summed E-state index contributed by atoms with van der Waals surface area (Å²) in [6, 6.07) is 7.24. The van der Waals surface area contributed by atoms with Crippen molar-refractivity contribution in [3.05, 3.63) is 35.4 Å². The number of methoxy groups -OCH3 is 1. The van der Waals surface area contributed by atoms with Crippen LogP contribution in [0.25, 0.3) is 0 Å². The van der Waals surface area contributed by atoms with Gasteiger partial charge in [-0.25, -0.2) is 4.79 Å². The van der Waals surface area contributed by atoms with E-state index in [1.807, 2.05) is 19.1 Å². The summed E-state index contributed by atoms with van der Waals surface area (Å²) in [6.45, 7) is 7.51. The minimum atomic E-state index is -0.822. The summed E-state index contributed by atoms with van der Waals surface area (Å²) in [4.78, 5) is 35.2. The first-order chi connectivity index (χ1) is 11.7. The third kappa shape index (κ3) is 7.30. The maximum atomic E-state index is 12.4. The molecule has 0 saturated heterocycles. The summed E-state index contributed by atoms with van der Waals surface area (Å²) in [6.07, 6.45) is 1.01. The minimum absolute atomic E-state index is 0.0455. The largest absolute Gasteiger partial charge is 0.467 e. The number of nitrogens with one attached hydrogen (secondary N) is 1. The normalized spacial score (nSPS) is 13.2. The van der Waals surface area contributed by atoms with Gasteiger partial charge in [-0.3, -0.25) is 9.59 Å². The number of carbonyl (C=O) groups excluding carboxylic acids is 3. The third-order valence-electron chi connectivity index (χ3n) is 3.73. The van der Waals surface area contributed by atoms with Crippen LogP contribution >= 0.6 is 11.8 Å². The second-order valence-corrected chi connectivity index (χ2v) is 7.49. The number of benzene rings is 1. The highest BCUT2D eigenvalue weighted by atomic mass is 32.2. The smallest absolute Gasteiger partial charge is 0.329 e. The second kappa shape index (κ2) is 10.2. The molecule has 5 nitrogen and oxygen atoms in total. The number of carbonyl (C=O) groups is 3. The van der Waals surface area contributed by atoms with Crippen molar-refractivity contribution in [3.63, 3.8) is 0 Å². The average Bonchev–Trinajstić information content (AvgIpc) is 2.56. The van der Waals surface area contributed by atoms with Gasteiger partial charge in [0.15, 0.2) is 5.12 Å². The van der Waals surface area contributed by atoms with Crippen molar-refractivity contribution in [2.75, 3.05) is 12.9 Å². The topological polar surface area (TPSA) is 72.5 Å². The third-order valence-corrected chi connectivity index (χ3v) is 4.87. The molecule has 0 aromatic heterocycles. The van der Waals surface area contributed by atoms with Gasteiger partial charge >= 0.3 is 5.97 Å². The van der Waals surface area contributed by atoms with Crippen molar-refractivity contribution in [2.45, 2.75) is 46.1 Å². The molecular weight excluding hydrogens is 338 g/mol. The van der Waals surface area contributed by atoms with Crippen LogP contribution in [0.2, 0.25) is 0 Å². The molecule has 1 unspecified atom stereocenters. The molecule has 0 fully saturated rings. The fourth-order valence-corrected chi connectivity index (χ4v) is 3.33. The maximum absolute atomic E-state index is 12.4. The molecular formula is C19H27NO4S. The van der Waals surface area contributed by atoms with Crippen molar-refractivity contribution in [1.82, 2.24) is 5.32 Å². The average molecular weight is 365 g/mol. The van der Waals surface area contributed by atoms with Crippen LogP contribution in [-0.2, 0) is 25.5 Å². The Morgan fingerprint density at radius 3 is 2.20 bits per heavy atom. The molecule has 0 spiro atoms. The van der Waals surface area contributed by atoms with Crippen LogP contribution < -0.4 is 5.32 Å². The van der Waals surface area contributed by atoms with Crippen molar-refractivity contribution >= 4 is 28.8 Å². The van der Waals surface area contributed by atoms with Gasteiger partial charge in [-0.1, -0.05) is 56.8 Å². The number of esters is 1. The molecule has 0 aliphatic rings. The van der Waals surface area contributed by atoms with Gasteiger partial charge in [-0.05, 0) is 23.5 Å². The first-order valence-electron chi connectivity index (χ1n) is 8.35. The summed E-state index contributed by atoms with van der Waals surface area (Å²) < 4.78 is 4.66. The number of ether oxygens (including phenoxy) is 1. The van der Waals surface area contributed by atoms with Gasteiger partial charge in [0.25, 0.3) is 0 Å². The first-order valence-corrected chi connectivity index (χ1v) is 9.33. The van der Waals surface area contributed by atoms with Gasteiger partial charge in [0, 0.05) is 12.7 Å². The number of hydrogen-bond donors (Lipinski definition) is 1. The summed E-state index contributed by atoms with van der Waals surface area (Å²) in [5.74, 6) is -0.433. The highest BCUT2D eigenvalue weighted by Gasteiger charge is 2.24. The summed E-state index contributed by atoms with van der Waals surface area (Å²) in [5, 5.41) is 2.46. The van der Waals surface area contributed by atoms with Gasteiger partial charge in [-0.15, -0.1) is 0 Å². The Morgan fingerprint density at radius 1 is 1.12 bits per heavy atom. The monoisotopic (exact) mass is 365 g/mol. The van der Waals surface area contributed by atoms with E-state index >= 15 is 0 Å². The van der Waals surface area contributed by atoms with E-state index in [-0.39, 0.29) is 22.7 Å². The van der Waals surface area contributed by atoms with Gasteiger partial charge in [0.05, 0.1) is 13.0 Å². The molecule has 138 valence electrons. The lowest BCUT2D eigenvalue weighted by Crippen LogP contribution is -2.42.